The van der Waals surface area contributed by atoms with Crippen molar-refractivity contribution in [2.75, 3.05) is 26.4 Å². The van der Waals surface area contributed by atoms with Gasteiger partial charge in [-0.05, 0) is 19.8 Å². The molecule has 0 aromatic carbocycles. The summed E-state index contributed by atoms with van der Waals surface area (Å²) in [5.41, 5.74) is 0.836. The molecule has 1 aromatic rings. The molecule has 0 spiro atoms. The minimum absolute atomic E-state index is 0.0519. The highest BCUT2D eigenvalue weighted by atomic mass is 16.5. The largest absolute Gasteiger partial charge is 0.396 e. The summed E-state index contributed by atoms with van der Waals surface area (Å²) in [6, 6.07) is 0. The highest BCUT2D eigenvalue weighted by Crippen LogP contribution is 2.29. The Morgan fingerprint density at radius 2 is 2.10 bits per heavy atom. The molecule has 0 atom stereocenters. The zero-order valence-corrected chi connectivity index (χ0v) is 12.9. The third-order valence-corrected chi connectivity index (χ3v) is 4.15. The normalized spacial score (nSPS) is 18.0. The molecule has 6 nitrogen and oxygen atoms in total. The zero-order valence-electron chi connectivity index (χ0n) is 12.9. The molecular formula is C15H24N2O4. The van der Waals surface area contributed by atoms with Gasteiger partial charge in [-0.2, -0.15) is 0 Å². The van der Waals surface area contributed by atoms with E-state index in [0.717, 1.165) is 12.8 Å². The first-order chi connectivity index (χ1) is 9.99. The molecule has 2 rings (SSSR count). The van der Waals surface area contributed by atoms with Gasteiger partial charge in [0.15, 0.2) is 5.76 Å². The number of aliphatic hydroxyl groups is 1. The van der Waals surface area contributed by atoms with Crippen molar-refractivity contribution in [1.82, 2.24) is 10.5 Å². The predicted octanol–water partition coefficient (Wildman–Crippen LogP) is 1.63. The van der Waals surface area contributed by atoms with Crippen LogP contribution in [0.25, 0.3) is 0 Å². The summed E-state index contributed by atoms with van der Waals surface area (Å²) in [6.07, 6.45) is 1.51. The van der Waals surface area contributed by atoms with Crippen LogP contribution in [-0.2, 0) is 4.74 Å². The number of carbonyl (C=O) groups is 1. The summed E-state index contributed by atoms with van der Waals surface area (Å²) in [5, 5.41) is 16.5. The topological polar surface area (TPSA) is 84.6 Å². The maximum Gasteiger partial charge on any atom is 0.256 e. The van der Waals surface area contributed by atoms with Crippen LogP contribution in [0.5, 0.6) is 0 Å². The van der Waals surface area contributed by atoms with Gasteiger partial charge in [-0.1, -0.05) is 19.0 Å². The van der Waals surface area contributed by atoms with Crippen LogP contribution in [0.1, 0.15) is 54.4 Å². The number of ether oxygens (including phenoxy) is 1. The lowest BCUT2D eigenvalue weighted by Gasteiger charge is -2.35. The monoisotopic (exact) mass is 296 g/mol. The molecule has 2 heterocycles. The molecule has 1 amide bonds. The van der Waals surface area contributed by atoms with Crippen molar-refractivity contribution in [1.29, 1.82) is 0 Å². The minimum Gasteiger partial charge on any atom is -0.396 e. The van der Waals surface area contributed by atoms with Crippen molar-refractivity contribution in [3.8, 4) is 0 Å². The van der Waals surface area contributed by atoms with Crippen LogP contribution in [0, 0.1) is 12.3 Å². The van der Waals surface area contributed by atoms with Gasteiger partial charge in [0.05, 0.1) is 12.3 Å². The SMILES string of the molecule is Cc1noc(C(C)C)c1C(=O)NCC1(CO)CCOCC1. The second kappa shape index (κ2) is 6.58. The van der Waals surface area contributed by atoms with Crippen molar-refractivity contribution in [3.05, 3.63) is 17.0 Å². The first kappa shape index (κ1) is 16.0. The maximum atomic E-state index is 12.4. The summed E-state index contributed by atoms with van der Waals surface area (Å²) in [7, 11) is 0. The van der Waals surface area contributed by atoms with Crippen molar-refractivity contribution in [3.63, 3.8) is 0 Å². The van der Waals surface area contributed by atoms with E-state index in [0.29, 0.717) is 36.8 Å². The van der Waals surface area contributed by atoms with E-state index in [9.17, 15) is 9.90 Å². The lowest BCUT2D eigenvalue weighted by Crippen LogP contribution is -2.44. The van der Waals surface area contributed by atoms with Gasteiger partial charge in [-0.15, -0.1) is 0 Å². The standard InChI is InChI=1S/C15H24N2O4/c1-10(2)13-12(11(3)17-21-13)14(19)16-8-15(9-18)4-6-20-7-5-15/h10,18H,4-9H2,1-3H3,(H,16,19). The molecule has 21 heavy (non-hydrogen) atoms. The zero-order chi connectivity index (χ0) is 15.5. The molecule has 0 saturated carbocycles. The lowest BCUT2D eigenvalue weighted by atomic mass is 9.81. The quantitative estimate of drug-likeness (QED) is 0.862. The molecular weight excluding hydrogens is 272 g/mol. The smallest absolute Gasteiger partial charge is 0.256 e. The molecule has 0 aliphatic carbocycles. The van der Waals surface area contributed by atoms with Crippen LogP contribution in [0.4, 0.5) is 0 Å². The predicted molar refractivity (Wildman–Crippen MR) is 77.2 cm³/mol. The Kier molecular flexibility index (Phi) is 5.00. The fourth-order valence-corrected chi connectivity index (χ4v) is 2.61. The highest BCUT2D eigenvalue weighted by Gasteiger charge is 2.33. The Bertz CT molecular complexity index is 490. The Morgan fingerprint density at radius 1 is 1.43 bits per heavy atom. The van der Waals surface area contributed by atoms with Crippen LogP contribution in [0.15, 0.2) is 4.52 Å². The first-order valence-corrected chi connectivity index (χ1v) is 7.42. The van der Waals surface area contributed by atoms with Gasteiger partial charge in [-0.25, -0.2) is 0 Å². The van der Waals surface area contributed by atoms with Crippen LogP contribution >= 0.6 is 0 Å². The van der Waals surface area contributed by atoms with Crippen molar-refractivity contribution in [2.24, 2.45) is 5.41 Å². The molecule has 1 aliphatic rings. The van der Waals surface area contributed by atoms with Crippen molar-refractivity contribution < 1.29 is 19.2 Å². The van der Waals surface area contributed by atoms with Gasteiger partial charge in [-0.3, -0.25) is 4.79 Å². The van der Waals surface area contributed by atoms with Gasteiger partial charge in [0.25, 0.3) is 5.91 Å². The van der Waals surface area contributed by atoms with E-state index in [1.165, 1.54) is 0 Å². The van der Waals surface area contributed by atoms with E-state index in [1.54, 1.807) is 6.92 Å². The van der Waals surface area contributed by atoms with Gasteiger partial charge >= 0.3 is 0 Å². The van der Waals surface area contributed by atoms with Gasteiger partial charge in [0.1, 0.15) is 5.56 Å². The number of nitrogens with zero attached hydrogens (tertiary/aromatic N) is 1. The molecule has 0 bridgehead atoms. The number of hydrogen-bond donors (Lipinski definition) is 2. The van der Waals surface area contributed by atoms with Crippen LogP contribution in [0.3, 0.4) is 0 Å². The number of nitrogens with one attached hydrogen (secondary N) is 1. The van der Waals surface area contributed by atoms with Crippen LogP contribution in [-0.4, -0.2) is 42.5 Å². The third kappa shape index (κ3) is 3.44. The molecule has 2 N–H and O–H groups in total. The third-order valence-electron chi connectivity index (χ3n) is 4.15. The maximum absolute atomic E-state index is 12.4. The Labute approximate surface area is 124 Å². The summed E-state index contributed by atoms with van der Waals surface area (Å²) in [4.78, 5) is 12.4. The molecule has 118 valence electrons. The van der Waals surface area contributed by atoms with Crippen molar-refractivity contribution >= 4 is 5.91 Å². The minimum atomic E-state index is -0.281. The summed E-state index contributed by atoms with van der Waals surface area (Å²) >= 11 is 0. The number of hydrogen-bond acceptors (Lipinski definition) is 5. The molecule has 1 aromatic heterocycles. The van der Waals surface area contributed by atoms with Crippen LogP contribution < -0.4 is 5.32 Å². The summed E-state index contributed by atoms with van der Waals surface area (Å²) in [5.74, 6) is 0.522. The van der Waals surface area contributed by atoms with Gasteiger partial charge < -0.3 is 19.7 Å². The van der Waals surface area contributed by atoms with E-state index < -0.39 is 0 Å². The fourth-order valence-electron chi connectivity index (χ4n) is 2.61. The Morgan fingerprint density at radius 3 is 2.67 bits per heavy atom. The van der Waals surface area contributed by atoms with Gasteiger partial charge in [0.2, 0.25) is 0 Å². The van der Waals surface area contributed by atoms with E-state index in [2.05, 4.69) is 10.5 Å². The first-order valence-electron chi connectivity index (χ1n) is 7.42. The van der Waals surface area contributed by atoms with Crippen molar-refractivity contribution in [2.45, 2.75) is 39.5 Å². The fraction of sp³-hybridized carbons (Fsp3) is 0.733. The molecule has 1 saturated heterocycles. The second-order valence-corrected chi connectivity index (χ2v) is 6.12. The second-order valence-electron chi connectivity index (χ2n) is 6.12. The molecule has 1 fully saturated rings. The molecule has 0 radical (unpaired) electrons. The number of aryl methyl sites for hydroxylation is 1. The average molecular weight is 296 g/mol. The number of amides is 1. The Hall–Kier alpha value is -1.40. The number of aliphatic hydroxyl groups excluding tert-OH is 1. The summed E-state index contributed by atoms with van der Waals surface area (Å²) in [6.45, 7) is 7.43. The van der Waals surface area contributed by atoms with Gasteiger partial charge in [0, 0.05) is 31.1 Å². The molecule has 0 unspecified atom stereocenters. The van der Waals surface area contributed by atoms with Crippen LogP contribution in [0.2, 0.25) is 0 Å². The number of aromatic nitrogens is 1. The summed E-state index contributed by atoms with van der Waals surface area (Å²) < 4.78 is 10.6. The van der Waals surface area contributed by atoms with E-state index in [1.807, 2.05) is 13.8 Å². The Balaban J connectivity index is 2.06. The number of rotatable bonds is 5. The lowest BCUT2D eigenvalue weighted by molar-refractivity contribution is -0.0146. The molecule has 1 aliphatic heterocycles. The highest BCUT2D eigenvalue weighted by molar-refractivity contribution is 5.96. The average Bonchev–Trinajstić information content (AvgIpc) is 2.88. The van der Waals surface area contributed by atoms with E-state index in [4.69, 9.17) is 9.26 Å². The number of carbonyl (C=O) groups excluding carboxylic acids is 1. The van der Waals surface area contributed by atoms with E-state index in [-0.39, 0.29) is 23.8 Å². The van der Waals surface area contributed by atoms with E-state index >= 15 is 0 Å². The molecule has 6 heteroatoms.